The molecular formula is C16H19N7O. The molecule has 0 radical (unpaired) electrons. The molecule has 0 unspecified atom stereocenters. The molecule has 24 heavy (non-hydrogen) atoms. The highest BCUT2D eigenvalue weighted by molar-refractivity contribution is 5.51. The van der Waals surface area contributed by atoms with Crippen LogP contribution in [0.25, 0.3) is 0 Å². The van der Waals surface area contributed by atoms with Gasteiger partial charge in [0.2, 0.25) is 23.4 Å². The summed E-state index contributed by atoms with van der Waals surface area (Å²) < 4.78 is 5.88. The predicted octanol–water partition coefficient (Wildman–Crippen LogP) is 1.43. The van der Waals surface area contributed by atoms with Crippen molar-refractivity contribution < 1.29 is 4.42 Å². The predicted molar refractivity (Wildman–Crippen MR) is 88.8 cm³/mol. The lowest BCUT2D eigenvalue weighted by Crippen LogP contribution is -2.47. The normalized spacial score (nSPS) is 17.8. The molecule has 2 fully saturated rings. The Hall–Kier alpha value is -2.82. The first-order chi connectivity index (χ1) is 11.6. The molecule has 1 aliphatic heterocycles. The highest BCUT2D eigenvalue weighted by Gasteiger charge is 2.32. The van der Waals surface area contributed by atoms with Crippen molar-refractivity contribution in [3.63, 3.8) is 0 Å². The number of oxazole rings is 1. The van der Waals surface area contributed by atoms with Crippen molar-refractivity contribution in [1.29, 1.82) is 5.26 Å². The second-order valence-corrected chi connectivity index (χ2v) is 6.29. The SMILES string of the molecule is Cc1cc(N2CCN(c3oc(C4CC4)nc3C#N)CC2)nc(N)n1. The Balaban J connectivity index is 1.49. The van der Waals surface area contributed by atoms with Gasteiger partial charge in [-0.05, 0) is 19.8 Å². The molecule has 0 atom stereocenters. The molecule has 124 valence electrons. The molecule has 0 amide bonds. The molecule has 0 aromatic carbocycles. The Morgan fingerprint density at radius 2 is 1.88 bits per heavy atom. The van der Waals surface area contributed by atoms with E-state index in [9.17, 15) is 5.26 Å². The van der Waals surface area contributed by atoms with Gasteiger partial charge in [-0.25, -0.2) is 9.97 Å². The molecule has 4 rings (SSSR count). The molecule has 1 aliphatic carbocycles. The third-order valence-corrected chi connectivity index (χ3v) is 4.41. The van der Waals surface area contributed by atoms with Gasteiger partial charge in [-0.15, -0.1) is 0 Å². The summed E-state index contributed by atoms with van der Waals surface area (Å²) >= 11 is 0. The summed E-state index contributed by atoms with van der Waals surface area (Å²) in [5, 5.41) is 9.32. The minimum absolute atomic E-state index is 0.295. The summed E-state index contributed by atoms with van der Waals surface area (Å²) in [4.78, 5) is 17.0. The van der Waals surface area contributed by atoms with Gasteiger partial charge in [-0.3, -0.25) is 0 Å². The van der Waals surface area contributed by atoms with E-state index in [0.29, 0.717) is 29.3 Å². The van der Waals surface area contributed by atoms with Crippen LogP contribution in [0, 0.1) is 18.3 Å². The van der Waals surface area contributed by atoms with E-state index in [0.717, 1.165) is 50.5 Å². The van der Waals surface area contributed by atoms with E-state index in [1.54, 1.807) is 0 Å². The summed E-state index contributed by atoms with van der Waals surface area (Å²) in [6.45, 7) is 4.96. The van der Waals surface area contributed by atoms with Crippen LogP contribution in [0.3, 0.4) is 0 Å². The van der Waals surface area contributed by atoms with Crippen molar-refractivity contribution in [1.82, 2.24) is 15.0 Å². The number of nitrogens with two attached hydrogens (primary N) is 1. The zero-order valence-electron chi connectivity index (χ0n) is 13.6. The highest BCUT2D eigenvalue weighted by atomic mass is 16.4. The van der Waals surface area contributed by atoms with Crippen molar-refractivity contribution in [3.8, 4) is 6.07 Å². The van der Waals surface area contributed by atoms with Crippen LogP contribution >= 0.6 is 0 Å². The standard InChI is InChI=1S/C16H19N7O/c1-10-8-13(21-16(18)19-10)22-4-6-23(7-5-22)15-12(9-17)20-14(24-15)11-2-3-11/h8,11H,2-7H2,1H3,(H2,18,19,21). The summed E-state index contributed by atoms with van der Waals surface area (Å²) in [6, 6.07) is 4.09. The first kappa shape index (κ1) is 14.8. The average molecular weight is 325 g/mol. The summed E-state index contributed by atoms with van der Waals surface area (Å²) in [5.41, 5.74) is 6.99. The summed E-state index contributed by atoms with van der Waals surface area (Å²) in [5.74, 6) is 2.86. The molecule has 2 aromatic rings. The van der Waals surface area contributed by atoms with Crippen molar-refractivity contribution in [2.24, 2.45) is 0 Å². The minimum Gasteiger partial charge on any atom is -0.423 e. The van der Waals surface area contributed by atoms with E-state index in [-0.39, 0.29) is 0 Å². The maximum Gasteiger partial charge on any atom is 0.234 e. The number of anilines is 3. The number of rotatable bonds is 3. The van der Waals surface area contributed by atoms with E-state index in [1.165, 1.54) is 0 Å². The van der Waals surface area contributed by atoms with Gasteiger partial charge in [0.05, 0.1) is 0 Å². The molecule has 0 bridgehead atoms. The first-order valence-electron chi connectivity index (χ1n) is 8.16. The Morgan fingerprint density at radius 3 is 2.50 bits per heavy atom. The minimum atomic E-state index is 0.295. The molecule has 2 N–H and O–H groups in total. The van der Waals surface area contributed by atoms with E-state index < -0.39 is 0 Å². The van der Waals surface area contributed by atoms with Gasteiger partial charge >= 0.3 is 0 Å². The molecule has 0 spiro atoms. The van der Waals surface area contributed by atoms with Crippen LogP contribution < -0.4 is 15.5 Å². The molecule has 2 aromatic heterocycles. The number of nitrogens with zero attached hydrogens (tertiary/aromatic N) is 6. The van der Waals surface area contributed by atoms with Crippen molar-refractivity contribution in [2.45, 2.75) is 25.7 Å². The zero-order valence-corrected chi connectivity index (χ0v) is 13.6. The quantitative estimate of drug-likeness (QED) is 0.903. The Labute approximate surface area is 139 Å². The van der Waals surface area contributed by atoms with Crippen LogP contribution in [0.15, 0.2) is 10.5 Å². The summed E-state index contributed by atoms with van der Waals surface area (Å²) in [7, 11) is 0. The maximum absolute atomic E-state index is 9.32. The molecule has 3 heterocycles. The van der Waals surface area contributed by atoms with E-state index in [1.807, 2.05) is 13.0 Å². The number of hydrogen-bond acceptors (Lipinski definition) is 8. The summed E-state index contributed by atoms with van der Waals surface area (Å²) in [6.07, 6.45) is 2.21. The molecule has 1 saturated carbocycles. The van der Waals surface area contributed by atoms with Crippen molar-refractivity contribution >= 4 is 17.7 Å². The molecule has 8 nitrogen and oxygen atoms in total. The molecule has 8 heteroatoms. The fourth-order valence-corrected chi connectivity index (χ4v) is 3.00. The lowest BCUT2D eigenvalue weighted by atomic mass is 10.3. The van der Waals surface area contributed by atoms with Gasteiger partial charge in [0.1, 0.15) is 11.9 Å². The number of aromatic nitrogens is 3. The highest BCUT2D eigenvalue weighted by Crippen LogP contribution is 2.41. The third kappa shape index (κ3) is 2.73. The van der Waals surface area contributed by atoms with Crippen LogP contribution in [-0.4, -0.2) is 41.1 Å². The van der Waals surface area contributed by atoms with Crippen LogP contribution in [0.1, 0.15) is 36.0 Å². The van der Waals surface area contributed by atoms with Crippen LogP contribution in [0.5, 0.6) is 0 Å². The Kier molecular flexibility index (Phi) is 3.49. The molecule has 1 saturated heterocycles. The third-order valence-electron chi connectivity index (χ3n) is 4.41. The smallest absolute Gasteiger partial charge is 0.234 e. The van der Waals surface area contributed by atoms with Crippen LogP contribution in [0.2, 0.25) is 0 Å². The van der Waals surface area contributed by atoms with Gasteiger partial charge in [0.25, 0.3) is 0 Å². The Bertz CT molecular complexity index is 777. The van der Waals surface area contributed by atoms with Crippen LogP contribution in [-0.2, 0) is 0 Å². The molecule has 2 aliphatic rings. The maximum atomic E-state index is 9.32. The fraction of sp³-hybridized carbons (Fsp3) is 0.500. The number of hydrogen-bond donors (Lipinski definition) is 1. The number of aryl methyl sites for hydroxylation is 1. The lowest BCUT2D eigenvalue weighted by Gasteiger charge is -2.35. The number of piperazine rings is 1. The average Bonchev–Trinajstić information content (AvgIpc) is 3.33. The number of nitrogen functional groups attached to an aromatic ring is 1. The van der Waals surface area contributed by atoms with Gasteiger partial charge in [-0.1, -0.05) is 0 Å². The van der Waals surface area contributed by atoms with E-state index >= 15 is 0 Å². The van der Waals surface area contributed by atoms with E-state index in [2.05, 4.69) is 30.8 Å². The second-order valence-electron chi connectivity index (χ2n) is 6.29. The first-order valence-corrected chi connectivity index (χ1v) is 8.16. The van der Waals surface area contributed by atoms with E-state index in [4.69, 9.17) is 10.2 Å². The topological polar surface area (TPSA) is 108 Å². The largest absolute Gasteiger partial charge is 0.423 e. The van der Waals surface area contributed by atoms with Crippen molar-refractivity contribution in [3.05, 3.63) is 23.3 Å². The van der Waals surface area contributed by atoms with Crippen LogP contribution in [0.4, 0.5) is 17.7 Å². The molecular weight excluding hydrogens is 306 g/mol. The lowest BCUT2D eigenvalue weighted by molar-refractivity contribution is 0.478. The van der Waals surface area contributed by atoms with Gasteiger partial charge in [0.15, 0.2) is 0 Å². The number of nitriles is 1. The Morgan fingerprint density at radius 1 is 1.17 bits per heavy atom. The second kappa shape index (κ2) is 5.67. The van der Waals surface area contributed by atoms with Crippen molar-refractivity contribution in [2.75, 3.05) is 41.7 Å². The monoisotopic (exact) mass is 325 g/mol. The van der Waals surface area contributed by atoms with Gasteiger partial charge in [0, 0.05) is 43.9 Å². The van der Waals surface area contributed by atoms with Gasteiger partial charge in [-0.2, -0.15) is 10.2 Å². The zero-order chi connectivity index (χ0) is 16.7. The fourth-order valence-electron chi connectivity index (χ4n) is 3.00. The van der Waals surface area contributed by atoms with Gasteiger partial charge < -0.3 is 20.0 Å².